The van der Waals surface area contributed by atoms with E-state index >= 15 is 0 Å². The lowest BCUT2D eigenvalue weighted by atomic mass is 10.3. The summed E-state index contributed by atoms with van der Waals surface area (Å²) < 4.78 is 3.15. The minimum Gasteiger partial charge on any atom is -0.271 e. The van der Waals surface area contributed by atoms with E-state index in [4.69, 9.17) is 0 Å². The predicted molar refractivity (Wildman–Crippen MR) is 64.2 cm³/mol. The number of rotatable bonds is 0. The van der Waals surface area contributed by atoms with E-state index in [1.165, 1.54) is 0 Å². The van der Waals surface area contributed by atoms with E-state index in [0.29, 0.717) is 0 Å². The molecule has 0 atom stereocenters. The van der Waals surface area contributed by atoms with Crippen LogP contribution in [-0.4, -0.2) is 10.2 Å². The first kappa shape index (κ1) is 8.96. The van der Waals surface area contributed by atoms with Crippen LogP contribution in [0.4, 0.5) is 0 Å². The molecule has 0 aliphatic carbocycles. The maximum absolute atomic E-state index is 4.15. The molecule has 2 nitrogen and oxygen atoms in total. The fourth-order valence-corrected chi connectivity index (χ4v) is 3.49. The van der Waals surface area contributed by atoms with Crippen molar-refractivity contribution in [2.45, 2.75) is 0 Å². The SMILES string of the molecule is Brc1cc(Br)c2c(I)[nH]nc2c1. The van der Waals surface area contributed by atoms with Gasteiger partial charge in [0.05, 0.1) is 5.52 Å². The van der Waals surface area contributed by atoms with Gasteiger partial charge in [0.2, 0.25) is 0 Å². The van der Waals surface area contributed by atoms with Crippen molar-refractivity contribution >= 4 is 65.4 Å². The minimum atomic E-state index is 0.973. The molecular weight excluding hydrogens is 399 g/mol. The Morgan fingerprint density at radius 1 is 1.33 bits per heavy atom. The third-order valence-corrected chi connectivity index (χ3v) is 3.39. The third-order valence-electron chi connectivity index (χ3n) is 1.53. The fraction of sp³-hybridized carbons (Fsp3) is 0. The summed E-state index contributed by atoms with van der Waals surface area (Å²) in [5.74, 6) is 0. The Kier molecular flexibility index (Phi) is 2.44. The largest absolute Gasteiger partial charge is 0.271 e. The summed E-state index contributed by atoms with van der Waals surface area (Å²) in [6.07, 6.45) is 0. The van der Waals surface area contributed by atoms with E-state index < -0.39 is 0 Å². The molecule has 0 saturated carbocycles. The van der Waals surface area contributed by atoms with Crippen LogP contribution in [0.3, 0.4) is 0 Å². The molecule has 0 aliphatic heterocycles. The van der Waals surface area contributed by atoms with Crippen molar-refractivity contribution in [2.75, 3.05) is 0 Å². The van der Waals surface area contributed by atoms with Gasteiger partial charge in [0.15, 0.2) is 0 Å². The zero-order valence-corrected chi connectivity index (χ0v) is 11.1. The van der Waals surface area contributed by atoms with Gasteiger partial charge in [0.1, 0.15) is 3.70 Å². The number of nitrogens with zero attached hydrogens (tertiary/aromatic N) is 1. The van der Waals surface area contributed by atoms with Gasteiger partial charge >= 0.3 is 0 Å². The van der Waals surface area contributed by atoms with Crippen LogP contribution >= 0.6 is 54.5 Å². The second-order valence-electron chi connectivity index (χ2n) is 2.32. The molecule has 12 heavy (non-hydrogen) atoms. The Hall–Kier alpha value is 0.380. The maximum atomic E-state index is 4.15. The zero-order valence-electron chi connectivity index (χ0n) is 5.74. The predicted octanol–water partition coefficient (Wildman–Crippen LogP) is 3.69. The monoisotopic (exact) mass is 400 g/mol. The van der Waals surface area contributed by atoms with Gasteiger partial charge in [-0.2, -0.15) is 5.10 Å². The minimum absolute atomic E-state index is 0.973. The van der Waals surface area contributed by atoms with Crippen molar-refractivity contribution in [3.05, 3.63) is 24.8 Å². The highest BCUT2D eigenvalue weighted by molar-refractivity contribution is 14.1. The Morgan fingerprint density at radius 3 is 2.83 bits per heavy atom. The number of fused-ring (bicyclic) bond motifs is 1. The molecule has 62 valence electrons. The standard InChI is InChI=1S/C7H3Br2IN2/c8-3-1-4(9)6-5(2-3)11-12-7(6)10/h1-2H,(H,11,12). The van der Waals surface area contributed by atoms with E-state index in [1.807, 2.05) is 12.1 Å². The lowest BCUT2D eigenvalue weighted by Gasteiger charge is -1.94. The molecule has 0 saturated heterocycles. The van der Waals surface area contributed by atoms with Gasteiger partial charge in [-0.3, -0.25) is 5.10 Å². The summed E-state index contributed by atoms with van der Waals surface area (Å²) in [4.78, 5) is 0. The Morgan fingerprint density at radius 2 is 2.08 bits per heavy atom. The molecule has 1 heterocycles. The summed E-state index contributed by atoms with van der Waals surface area (Å²) >= 11 is 9.12. The van der Waals surface area contributed by atoms with Gasteiger partial charge in [-0.25, -0.2) is 0 Å². The van der Waals surface area contributed by atoms with Crippen LogP contribution in [0.25, 0.3) is 10.9 Å². The molecule has 2 aromatic rings. The Bertz CT molecular complexity index is 438. The molecule has 2 rings (SSSR count). The molecule has 0 spiro atoms. The molecular formula is C7H3Br2IN2. The lowest BCUT2D eigenvalue weighted by Crippen LogP contribution is -1.72. The summed E-state index contributed by atoms with van der Waals surface area (Å²) in [5.41, 5.74) is 0.973. The maximum Gasteiger partial charge on any atom is 0.105 e. The van der Waals surface area contributed by atoms with Crippen molar-refractivity contribution in [2.24, 2.45) is 0 Å². The molecule has 5 heteroatoms. The number of hydrogen-bond acceptors (Lipinski definition) is 1. The van der Waals surface area contributed by atoms with Crippen molar-refractivity contribution in [3.8, 4) is 0 Å². The Balaban J connectivity index is 2.93. The average Bonchev–Trinajstić information content (AvgIpc) is 2.31. The third kappa shape index (κ3) is 1.42. The van der Waals surface area contributed by atoms with Crippen molar-refractivity contribution in [1.29, 1.82) is 0 Å². The summed E-state index contributed by atoms with van der Waals surface area (Å²) in [5, 5.41) is 8.22. The van der Waals surface area contributed by atoms with Gasteiger partial charge in [0.25, 0.3) is 0 Å². The van der Waals surface area contributed by atoms with E-state index in [0.717, 1.165) is 23.5 Å². The van der Waals surface area contributed by atoms with Crippen LogP contribution in [0.1, 0.15) is 0 Å². The first-order chi connectivity index (χ1) is 5.68. The van der Waals surface area contributed by atoms with E-state index in [2.05, 4.69) is 64.6 Å². The van der Waals surface area contributed by atoms with Crippen LogP contribution in [0.5, 0.6) is 0 Å². The number of nitrogens with one attached hydrogen (secondary N) is 1. The number of aromatic amines is 1. The highest BCUT2D eigenvalue weighted by Crippen LogP contribution is 2.29. The highest BCUT2D eigenvalue weighted by Gasteiger charge is 2.06. The van der Waals surface area contributed by atoms with Crippen LogP contribution in [0, 0.1) is 3.70 Å². The van der Waals surface area contributed by atoms with E-state index in [9.17, 15) is 0 Å². The molecule has 0 bridgehead atoms. The van der Waals surface area contributed by atoms with Crippen LogP contribution < -0.4 is 0 Å². The van der Waals surface area contributed by atoms with Crippen molar-refractivity contribution in [1.82, 2.24) is 10.2 Å². The normalized spacial score (nSPS) is 10.9. The van der Waals surface area contributed by atoms with Gasteiger partial charge in [-0.05, 0) is 50.7 Å². The molecule has 0 aliphatic rings. The second kappa shape index (κ2) is 3.26. The Labute approximate surface area is 99.5 Å². The van der Waals surface area contributed by atoms with Crippen LogP contribution in [-0.2, 0) is 0 Å². The van der Waals surface area contributed by atoms with E-state index in [-0.39, 0.29) is 0 Å². The fourth-order valence-electron chi connectivity index (χ4n) is 1.03. The quantitative estimate of drug-likeness (QED) is 0.670. The van der Waals surface area contributed by atoms with Gasteiger partial charge < -0.3 is 0 Å². The van der Waals surface area contributed by atoms with Gasteiger partial charge in [-0.1, -0.05) is 15.9 Å². The second-order valence-corrected chi connectivity index (χ2v) is 5.17. The number of hydrogen-bond donors (Lipinski definition) is 1. The topological polar surface area (TPSA) is 28.7 Å². The summed E-state index contributed by atoms with van der Waals surface area (Å²) in [6, 6.07) is 4.00. The molecule has 0 fully saturated rings. The summed E-state index contributed by atoms with van der Waals surface area (Å²) in [6.45, 7) is 0. The van der Waals surface area contributed by atoms with Crippen molar-refractivity contribution < 1.29 is 0 Å². The van der Waals surface area contributed by atoms with Gasteiger partial charge in [-0.15, -0.1) is 0 Å². The van der Waals surface area contributed by atoms with Crippen LogP contribution in [0.15, 0.2) is 21.1 Å². The number of benzene rings is 1. The number of aromatic nitrogens is 2. The summed E-state index contributed by atoms with van der Waals surface area (Å²) in [7, 11) is 0. The van der Waals surface area contributed by atoms with Crippen LogP contribution in [0.2, 0.25) is 0 Å². The smallest absolute Gasteiger partial charge is 0.105 e. The van der Waals surface area contributed by atoms with Gasteiger partial charge in [0, 0.05) is 14.3 Å². The highest BCUT2D eigenvalue weighted by atomic mass is 127. The van der Waals surface area contributed by atoms with E-state index in [1.54, 1.807) is 0 Å². The van der Waals surface area contributed by atoms with Crippen molar-refractivity contribution in [3.63, 3.8) is 0 Å². The molecule has 0 radical (unpaired) electrons. The number of H-pyrrole nitrogens is 1. The molecule has 0 amide bonds. The zero-order chi connectivity index (χ0) is 8.72. The molecule has 1 aromatic heterocycles. The number of halogens is 3. The lowest BCUT2D eigenvalue weighted by molar-refractivity contribution is 1.09. The first-order valence-corrected chi connectivity index (χ1v) is 5.83. The molecule has 1 N–H and O–H groups in total. The molecule has 1 aromatic carbocycles. The molecule has 0 unspecified atom stereocenters. The average molecular weight is 402 g/mol. The first-order valence-electron chi connectivity index (χ1n) is 3.17.